The third kappa shape index (κ3) is 8.53. The van der Waals surface area contributed by atoms with Crippen LogP contribution in [-0.4, -0.2) is 30.0 Å². The zero-order valence-electron chi connectivity index (χ0n) is 10.9. The zero-order chi connectivity index (χ0) is 12.6. The Labute approximate surface area is 98.4 Å². The molecular weight excluding hydrogens is 206 g/mol. The number of carbonyl (C=O) groups excluding carboxylic acids is 1. The summed E-state index contributed by atoms with van der Waals surface area (Å²) in [4.78, 5) is 11.3. The van der Waals surface area contributed by atoms with Crippen molar-refractivity contribution in [2.75, 3.05) is 13.2 Å². The fraction of sp³-hybridized carbons (Fsp3) is 0.917. The van der Waals surface area contributed by atoms with Gasteiger partial charge in [-0.3, -0.25) is 0 Å². The number of aliphatic hydroxyl groups excluding tert-OH is 1. The van der Waals surface area contributed by atoms with E-state index in [1.54, 1.807) is 0 Å². The second-order valence-electron chi connectivity index (χ2n) is 5.07. The molecule has 0 aromatic carbocycles. The molecule has 4 nitrogen and oxygen atoms in total. The number of alkyl carbamates (subject to hydrolysis) is 1. The van der Waals surface area contributed by atoms with E-state index in [2.05, 4.69) is 12.2 Å². The molecule has 1 unspecified atom stereocenters. The number of rotatable bonds is 6. The van der Waals surface area contributed by atoms with Crippen LogP contribution in [0.25, 0.3) is 0 Å². The maximum Gasteiger partial charge on any atom is 0.407 e. The molecule has 4 heteroatoms. The molecular formula is C12H25NO3. The number of carbonyl (C=O) groups is 1. The van der Waals surface area contributed by atoms with Crippen LogP contribution in [0.5, 0.6) is 0 Å². The fourth-order valence-electron chi connectivity index (χ4n) is 1.29. The fourth-order valence-corrected chi connectivity index (χ4v) is 1.29. The third-order valence-electron chi connectivity index (χ3n) is 2.16. The summed E-state index contributed by atoms with van der Waals surface area (Å²) in [5, 5.41) is 11.8. The Morgan fingerprint density at radius 2 is 2.06 bits per heavy atom. The Morgan fingerprint density at radius 1 is 1.44 bits per heavy atom. The van der Waals surface area contributed by atoms with Crippen LogP contribution in [0.4, 0.5) is 4.79 Å². The van der Waals surface area contributed by atoms with E-state index in [1.165, 1.54) is 0 Å². The smallest absolute Gasteiger partial charge is 0.407 e. The number of hydrogen-bond donors (Lipinski definition) is 2. The van der Waals surface area contributed by atoms with E-state index in [1.807, 2.05) is 20.8 Å². The van der Waals surface area contributed by atoms with Gasteiger partial charge >= 0.3 is 6.09 Å². The first-order valence-corrected chi connectivity index (χ1v) is 5.96. The summed E-state index contributed by atoms with van der Waals surface area (Å²) in [7, 11) is 0. The van der Waals surface area contributed by atoms with E-state index in [-0.39, 0.29) is 12.5 Å². The van der Waals surface area contributed by atoms with Crippen molar-refractivity contribution in [2.45, 2.75) is 52.6 Å². The monoisotopic (exact) mass is 231 g/mol. The van der Waals surface area contributed by atoms with Crippen LogP contribution in [0.3, 0.4) is 0 Å². The van der Waals surface area contributed by atoms with Gasteiger partial charge in [-0.25, -0.2) is 4.79 Å². The van der Waals surface area contributed by atoms with E-state index in [4.69, 9.17) is 9.84 Å². The Kier molecular flexibility index (Phi) is 7.13. The first-order chi connectivity index (χ1) is 7.39. The van der Waals surface area contributed by atoms with Crippen LogP contribution < -0.4 is 5.32 Å². The first kappa shape index (κ1) is 15.2. The molecule has 1 amide bonds. The lowest BCUT2D eigenvalue weighted by atomic mass is 10.0. The van der Waals surface area contributed by atoms with Crippen molar-refractivity contribution in [3.05, 3.63) is 0 Å². The van der Waals surface area contributed by atoms with Gasteiger partial charge in [-0.15, -0.1) is 0 Å². The van der Waals surface area contributed by atoms with Gasteiger partial charge in [-0.2, -0.15) is 0 Å². The highest BCUT2D eigenvalue weighted by atomic mass is 16.6. The number of hydrogen-bond acceptors (Lipinski definition) is 3. The lowest BCUT2D eigenvalue weighted by Gasteiger charge is -2.21. The average Bonchev–Trinajstić information content (AvgIpc) is 2.15. The van der Waals surface area contributed by atoms with Gasteiger partial charge in [0, 0.05) is 13.2 Å². The molecule has 0 saturated carbocycles. The van der Waals surface area contributed by atoms with Gasteiger partial charge in [-0.05, 0) is 33.1 Å². The number of aliphatic hydroxyl groups is 1. The molecule has 0 aliphatic carbocycles. The molecule has 0 heterocycles. The van der Waals surface area contributed by atoms with Crippen LogP contribution >= 0.6 is 0 Å². The SMILES string of the molecule is CCCCC(CO)CNC(=O)OC(C)(C)C. The molecule has 16 heavy (non-hydrogen) atoms. The Morgan fingerprint density at radius 3 is 2.50 bits per heavy atom. The van der Waals surface area contributed by atoms with Crippen LogP contribution in [0.1, 0.15) is 47.0 Å². The molecule has 2 N–H and O–H groups in total. The van der Waals surface area contributed by atoms with Gasteiger partial charge in [0.25, 0.3) is 0 Å². The molecule has 0 fully saturated rings. The van der Waals surface area contributed by atoms with Crippen molar-refractivity contribution >= 4 is 6.09 Å². The first-order valence-electron chi connectivity index (χ1n) is 5.96. The maximum atomic E-state index is 11.3. The van der Waals surface area contributed by atoms with Crippen molar-refractivity contribution < 1.29 is 14.6 Å². The minimum absolute atomic E-state index is 0.107. The summed E-state index contributed by atoms with van der Waals surface area (Å²) < 4.78 is 5.11. The van der Waals surface area contributed by atoms with Crippen LogP contribution in [0, 0.1) is 5.92 Å². The number of amides is 1. The third-order valence-corrected chi connectivity index (χ3v) is 2.16. The standard InChI is InChI=1S/C12H25NO3/c1-5-6-7-10(9-14)8-13-11(15)16-12(2,3)4/h10,14H,5-9H2,1-4H3,(H,13,15). The van der Waals surface area contributed by atoms with E-state index in [9.17, 15) is 4.79 Å². The molecule has 0 aromatic heterocycles. The van der Waals surface area contributed by atoms with Crippen molar-refractivity contribution in [3.8, 4) is 0 Å². The normalized spacial score (nSPS) is 13.3. The van der Waals surface area contributed by atoms with Crippen LogP contribution in [0.15, 0.2) is 0 Å². The molecule has 0 saturated heterocycles. The lowest BCUT2D eigenvalue weighted by molar-refractivity contribution is 0.0511. The number of unbranched alkanes of at least 4 members (excludes halogenated alkanes) is 1. The molecule has 0 aromatic rings. The summed E-state index contributed by atoms with van der Waals surface area (Å²) in [6.45, 7) is 8.17. The molecule has 0 aliphatic rings. The van der Waals surface area contributed by atoms with Gasteiger partial charge in [-0.1, -0.05) is 19.8 Å². The van der Waals surface area contributed by atoms with Crippen LogP contribution in [0.2, 0.25) is 0 Å². The largest absolute Gasteiger partial charge is 0.444 e. The number of ether oxygens (including phenoxy) is 1. The van der Waals surface area contributed by atoms with Gasteiger partial charge in [0.15, 0.2) is 0 Å². The summed E-state index contributed by atoms with van der Waals surface area (Å²) in [5.74, 6) is 0.132. The maximum absolute atomic E-state index is 11.3. The molecule has 0 bridgehead atoms. The topological polar surface area (TPSA) is 58.6 Å². The Hall–Kier alpha value is -0.770. The summed E-state index contributed by atoms with van der Waals surface area (Å²) in [5.41, 5.74) is -0.470. The molecule has 0 aliphatic heterocycles. The Balaban J connectivity index is 3.79. The molecule has 96 valence electrons. The zero-order valence-corrected chi connectivity index (χ0v) is 10.9. The predicted molar refractivity (Wildman–Crippen MR) is 64.3 cm³/mol. The van der Waals surface area contributed by atoms with E-state index < -0.39 is 11.7 Å². The summed E-state index contributed by atoms with van der Waals surface area (Å²) >= 11 is 0. The summed E-state index contributed by atoms with van der Waals surface area (Å²) in [6.07, 6.45) is 2.69. The van der Waals surface area contributed by atoms with Gasteiger partial charge in [0.2, 0.25) is 0 Å². The molecule has 1 atom stereocenters. The predicted octanol–water partition coefficient (Wildman–Crippen LogP) is 2.31. The quantitative estimate of drug-likeness (QED) is 0.737. The summed E-state index contributed by atoms with van der Waals surface area (Å²) in [6, 6.07) is 0. The van der Waals surface area contributed by atoms with Gasteiger partial charge in [0.05, 0.1) is 0 Å². The second-order valence-corrected chi connectivity index (χ2v) is 5.07. The van der Waals surface area contributed by atoms with E-state index >= 15 is 0 Å². The van der Waals surface area contributed by atoms with Crippen molar-refractivity contribution in [3.63, 3.8) is 0 Å². The number of nitrogens with one attached hydrogen (secondary N) is 1. The van der Waals surface area contributed by atoms with Crippen LogP contribution in [-0.2, 0) is 4.74 Å². The minimum Gasteiger partial charge on any atom is -0.444 e. The minimum atomic E-state index is -0.470. The molecule has 0 radical (unpaired) electrons. The van der Waals surface area contributed by atoms with Crippen molar-refractivity contribution in [1.82, 2.24) is 5.32 Å². The van der Waals surface area contributed by atoms with E-state index in [0.717, 1.165) is 19.3 Å². The van der Waals surface area contributed by atoms with Gasteiger partial charge < -0.3 is 15.2 Å². The van der Waals surface area contributed by atoms with Crippen molar-refractivity contribution in [1.29, 1.82) is 0 Å². The molecule has 0 spiro atoms. The second kappa shape index (κ2) is 7.49. The Bertz CT molecular complexity index is 199. The van der Waals surface area contributed by atoms with Gasteiger partial charge in [0.1, 0.15) is 5.60 Å². The lowest BCUT2D eigenvalue weighted by Crippen LogP contribution is -2.36. The molecule has 0 rings (SSSR count). The van der Waals surface area contributed by atoms with E-state index in [0.29, 0.717) is 6.54 Å². The average molecular weight is 231 g/mol. The highest BCUT2D eigenvalue weighted by Crippen LogP contribution is 2.09. The highest BCUT2D eigenvalue weighted by molar-refractivity contribution is 5.67. The highest BCUT2D eigenvalue weighted by Gasteiger charge is 2.16. The van der Waals surface area contributed by atoms with Crippen molar-refractivity contribution in [2.24, 2.45) is 5.92 Å².